The van der Waals surface area contributed by atoms with Gasteiger partial charge in [-0.1, -0.05) is 0 Å². The fourth-order valence-corrected chi connectivity index (χ4v) is 4.08. The molecular formula is C21H16BrI2NO6. The maximum Gasteiger partial charge on any atom is 0.363 e. The summed E-state index contributed by atoms with van der Waals surface area (Å²) in [5.41, 5.74) is 1.55. The molecule has 2 aromatic carbocycles. The molecule has 0 fully saturated rings. The standard InChI is InChI=1S/C21H16BrI2NO6/c1-3-29-17-8-11(6-15(24)19(17)30-10-18(26)28-2)7-16-21(27)31-20(25-16)12-4-5-14(23)13(22)9-12/h4-9H,3,10H2,1-2H3/b16-7-. The lowest BCUT2D eigenvalue weighted by Crippen LogP contribution is -2.14. The van der Waals surface area contributed by atoms with Gasteiger partial charge in [0.2, 0.25) is 5.90 Å². The van der Waals surface area contributed by atoms with Crippen molar-refractivity contribution in [2.75, 3.05) is 20.3 Å². The minimum Gasteiger partial charge on any atom is -0.490 e. The number of hydrogen-bond donors (Lipinski definition) is 0. The molecule has 0 aliphatic carbocycles. The highest BCUT2D eigenvalue weighted by molar-refractivity contribution is 14.1. The van der Waals surface area contributed by atoms with Crippen LogP contribution in [0.15, 0.2) is 45.5 Å². The summed E-state index contributed by atoms with van der Waals surface area (Å²) >= 11 is 7.75. The molecule has 7 nitrogen and oxygen atoms in total. The smallest absolute Gasteiger partial charge is 0.363 e. The SMILES string of the molecule is CCOc1cc(/C=C2\N=C(c3ccc(I)c(Br)c3)OC2=O)cc(I)c1OCC(=O)OC. The number of ether oxygens (including phenoxy) is 4. The van der Waals surface area contributed by atoms with E-state index in [9.17, 15) is 9.59 Å². The molecule has 0 aromatic heterocycles. The number of carbonyl (C=O) groups excluding carboxylic acids is 2. The molecule has 10 heteroatoms. The molecule has 0 bridgehead atoms. The number of benzene rings is 2. The molecule has 1 heterocycles. The molecule has 0 saturated carbocycles. The van der Waals surface area contributed by atoms with Crippen molar-refractivity contribution in [2.24, 2.45) is 4.99 Å². The zero-order valence-electron chi connectivity index (χ0n) is 16.4. The molecule has 162 valence electrons. The Morgan fingerprint density at radius 3 is 2.65 bits per heavy atom. The van der Waals surface area contributed by atoms with Gasteiger partial charge in [0.15, 0.2) is 23.8 Å². The van der Waals surface area contributed by atoms with Crippen molar-refractivity contribution in [3.63, 3.8) is 0 Å². The van der Waals surface area contributed by atoms with Crippen LogP contribution in [0.1, 0.15) is 18.1 Å². The predicted octanol–water partition coefficient (Wildman–Crippen LogP) is 4.95. The number of cyclic esters (lactones) is 1. The van der Waals surface area contributed by atoms with Crippen LogP contribution in [-0.4, -0.2) is 38.2 Å². The third-order valence-electron chi connectivity index (χ3n) is 3.98. The van der Waals surface area contributed by atoms with Crippen LogP contribution in [0.5, 0.6) is 11.5 Å². The van der Waals surface area contributed by atoms with Crippen LogP contribution in [0.4, 0.5) is 0 Å². The van der Waals surface area contributed by atoms with Crippen LogP contribution in [0.25, 0.3) is 6.08 Å². The summed E-state index contributed by atoms with van der Waals surface area (Å²) in [5.74, 6) is 0.0798. The van der Waals surface area contributed by atoms with Gasteiger partial charge < -0.3 is 18.9 Å². The first-order chi connectivity index (χ1) is 14.8. The monoisotopic (exact) mass is 711 g/mol. The Labute approximate surface area is 214 Å². The number of esters is 2. The van der Waals surface area contributed by atoms with Gasteiger partial charge in [-0.3, -0.25) is 0 Å². The molecule has 0 atom stereocenters. The summed E-state index contributed by atoms with van der Waals surface area (Å²) in [6.45, 7) is 2.00. The second-order valence-corrected chi connectivity index (χ2v) is 9.27. The quantitative estimate of drug-likeness (QED) is 0.230. The van der Waals surface area contributed by atoms with Gasteiger partial charge in [-0.05, 0) is 110 Å². The first-order valence-corrected chi connectivity index (χ1v) is 11.9. The van der Waals surface area contributed by atoms with Gasteiger partial charge in [0.25, 0.3) is 0 Å². The van der Waals surface area contributed by atoms with Gasteiger partial charge in [-0.2, -0.15) is 0 Å². The minimum atomic E-state index is -0.538. The molecule has 0 amide bonds. The zero-order valence-corrected chi connectivity index (χ0v) is 22.3. The second-order valence-electron chi connectivity index (χ2n) is 6.09. The largest absolute Gasteiger partial charge is 0.490 e. The van der Waals surface area contributed by atoms with Gasteiger partial charge >= 0.3 is 11.9 Å². The number of methoxy groups -OCH3 is 1. The second kappa shape index (κ2) is 10.8. The van der Waals surface area contributed by atoms with E-state index in [0.717, 1.165) is 8.04 Å². The molecular weight excluding hydrogens is 696 g/mol. The van der Waals surface area contributed by atoms with Crippen LogP contribution < -0.4 is 9.47 Å². The van der Waals surface area contributed by atoms with Crippen molar-refractivity contribution in [3.8, 4) is 11.5 Å². The Kier molecular flexibility index (Phi) is 8.33. The minimum absolute atomic E-state index is 0.172. The van der Waals surface area contributed by atoms with E-state index >= 15 is 0 Å². The predicted molar refractivity (Wildman–Crippen MR) is 135 cm³/mol. The number of aliphatic imine (C=N–C) groups is 1. The van der Waals surface area contributed by atoms with Gasteiger partial charge in [-0.25, -0.2) is 14.6 Å². The van der Waals surface area contributed by atoms with E-state index in [-0.39, 0.29) is 18.2 Å². The number of halogens is 3. The molecule has 0 unspecified atom stereocenters. The molecule has 0 saturated heterocycles. The first kappa shape index (κ1) is 24.0. The molecule has 0 N–H and O–H groups in total. The Hall–Kier alpha value is -1.67. The van der Waals surface area contributed by atoms with E-state index in [4.69, 9.17) is 14.2 Å². The molecule has 0 spiro atoms. The highest BCUT2D eigenvalue weighted by Gasteiger charge is 2.25. The molecule has 31 heavy (non-hydrogen) atoms. The average molecular weight is 712 g/mol. The van der Waals surface area contributed by atoms with Crippen LogP contribution in [0.2, 0.25) is 0 Å². The van der Waals surface area contributed by atoms with Crippen LogP contribution in [0, 0.1) is 7.14 Å². The summed E-state index contributed by atoms with van der Waals surface area (Å²) in [7, 11) is 1.29. The molecule has 2 aromatic rings. The fourth-order valence-electron chi connectivity index (χ4n) is 2.58. The van der Waals surface area contributed by atoms with E-state index < -0.39 is 11.9 Å². The zero-order chi connectivity index (χ0) is 22.5. The molecule has 3 rings (SSSR count). The van der Waals surface area contributed by atoms with E-state index in [1.807, 2.05) is 25.1 Å². The highest BCUT2D eigenvalue weighted by atomic mass is 127. The van der Waals surface area contributed by atoms with Crippen LogP contribution in [0.3, 0.4) is 0 Å². The van der Waals surface area contributed by atoms with Gasteiger partial charge in [0, 0.05) is 13.6 Å². The molecule has 1 aliphatic rings. The number of carbonyl (C=O) groups is 2. The number of rotatable bonds is 7. The Morgan fingerprint density at radius 1 is 1.19 bits per heavy atom. The van der Waals surface area contributed by atoms with Crippen molar-refractivity contribution in [3.05, 3.63) is 58.8 Å². The first-order valence-electron chi connectivity index (χ1n) is 8.96. The summed E-state index contributed by atoms with van der Waals surface area (Å²) in [4.78, 5) is 28.1. The maximum atomic E-state index is 12.4. The summed E-state index contributed by atoms with van der Waals surface area (Å²) < 4.78 is 23.8. The lowest BCUT2D eigenvalue weighted by molar-refractivity contribution is -0.143. The number of nitrogens with zero attached hydrogens (tertiary/aromatic N) is 1. The summed E-state index contributed by atoms with van der Waals surface area (Å²) in [6, 6.07) is 9.10. The van der Waals surface area contributed by atoms with E-state index in [0.29, 0.717) is 32.8 Å². The van der Waals surface area contributed by atoms with Crippen molar-refractivity contribution < 1.29 is 28.5 Å². The normalized spacial score (nSPS) is 14.3. The summed E-state index contributed by atoms with van der Waals surface area (Å²) in [5, 5.41) is 0. The third kappa shape index (κ3) is 5.98. The van der Waals surface area contributed by atoms with E-state index in [1.54, 1.807) is 18.2 Å². The average Bonchev–Trinajstić information content (AvgIpc) is 3.09. The van der Waals surface area contributed by atoms with E-state index in [2.05, 4.69) is 70.8 Å². The summed E-state index contributed by atoms with van der Waals surface area (Å²) in [6.07, 6.45) is 1.62. The lowest BCUT2D eigenvalue weighted by Gasteiger charge is -2.14. The third-order valence-corrected chi connectivity index (χ3v) is 7.12. The van der Waals surface area contributed by atoms with Gasteiger partial charge in [-0.15, -0.1) is 0 Å². The van der Waals surface area contributed by atoms with Crippen LogP contribution in [-0.2, 0) is 19.1 Å². The van der Waals surface area contributed by atoms with Crippen molar-refractivity contribution in [1.29, 1.82) is 0 Å². The Bertz CT molecular complexity index is 1100. The Balaban J connectivity index is 1.92. The van der Waals surface area contributed by atoms with Gasteiger partial charge in [0.05, 0.1) is 17.3 Å². The number of hydrogen-bond acceptors (Lipinski definition) is 7. The lowest BCUT2D eigenvalue weighted by atomic mass is 10.1. The topological polar surface area (TPSA) is 83.4 Å². The molecule has 0 radical (unpaired) electrons. The van der Waals surface area contributed by atoms with Crippen molar-refractivity contribution in [1.82, 2.24) is 0 Å². The Morgan fingerprint density at radius 2 is 1.97 bits per heavy atom. The fraction of sp³-hybridized carbons (Fsp3) is 0.190. The van der Waals surface area contributed by atoms with E-state index in [1.165, 1.54) is 7.11 Å². The van der Waals surface area contributed by atoms with Gasteiger partial charge in [0.1, 0.15) is 0 Å². The maximum absolute atomic E-state index is 12.4. The van der Waals surface area contributed by atoms with Crippen LogP contribution >= 0.6 is 61.1 Å². The molecule has 1 aliphatic heterocycles. The van der Waals surface area contributed by atoms with Crippen molar-refractivity contribution >= 4 is 85.0 Å². The highest BCUT2D eigenvalue weighted by Crippen LogP contribution is 2.35. The van der Waals surface area contributed by atoms with Crippen molar-refractivity contribution in [2.45, 2.75) is 6.92 Å².